The van der Waals surface area contributed by atoms with Gasteiger partial charge in [-0.1, -0.05) is 42.5 Å². The Bertz CT molecular complexity index is 878. The predicted octanol–water partition coefficient (Wildman–Crippen LogP) is 5.68. The van der Waals surface area contributed by atoms with Crippen molar-refractivity contribution in [3.63, 3.8) is 0 Å². The molecular weight excluding hydrogens is 314 g/mol. The Kier molecular flexibility index (Phi) is 4.92. The number of carbonyl (C=O) groups excluding carboxylic acids is 1. The third-order valence-electron chi connectivity index (χ3n) is 3.95. The van der Waals surface area contributed by atoms with Crippen molar-refractivity contribution in [1.29, 1.82) is 0 Å². The first-order valence-electron chi connectivity index (χ1n) is 7.84. The lowest BCUT2D eigenvalue weighted by Crippen LogP contribution is -2.09. The monoisotopic (exact) mass is 333 g/mol. The standard InChI is InChI=1S/C21H19NOS/c1-15-7-6-10-19(16(15)2)22-21(23)14-12-18-11-13-20(24-18)17-8-4-3-5-9-17/h3-14H,1-2H3,(H,22,23)/b14-12+. The van der Waals surface area contributed by atoms with Crippen LogP contribution in [-0.2, 0) is 4.79 Å². The summed E-state index contributed by atoms with van der Waals surface area (Å²) in [6.07, 6.45) is 3.44. The number of carbonyl (C=O) groups is 1. The van der Waals surface area contributed by atoms with Crippen LogP contribution in [0.5, 0.6) is 0 Å². The van der Waals surface area contributed by atoms with Gasteiger partial charge in [0.2, 0.25) is 5.91 Å². The number of rotatable bonds is 4. The number of anilines is 1. The number of nitrogens with one attached hydrogen (secondary N) is 1. The second-order valence-electron chi connectivity index (χ2n) is 5.64. The Morgan fingerprint density at radius 1 is 0.958 bits per heavy atom. The van der Waals surface area contributed by atoms with Crippen molar-refractivity contribution in [3.8, 4) is 10.4 Å². The molecule has 0 saturated heterocycles. The zero-order chi connectivity index (χ0) is 16.9. The maximum absolute atomic E-state index is 12.1. The second-order valence-corrected chi connectivity index (χ2v) is 6.75. The number of hydrogen-bond acceptors (Lipinski definition) is 2. The minimum absolute atomic E-state index is 0.113. The summed E-state index contributed by atoms with van der Waals surface area (Å²) in [7, 11) is 0. The molecule has 0 bridgehead atoms. The lowest BCUT2D eigenvalue weighted by molar-refractivity contribution is -0.111. The smallest absolute Gasteiger partial charge is 0.248 e. The van der Waals surface area contributed by atoms with Crippen molar-refractivity contribution in [1.82, 2.24) is 0 Å². The summed E-state index contributed by atoms with van der Waals surface area (Å²) >= 11 is 1.67. The average molecular weight is 333 g/mol. The molecule has 1 amide bonds. The van der Waals surface area contributed by atoms with Gasteiger partial charge in [0.25, 0.3) is 0 Å². The Balaban J connectivity index is 1.69. The van der Waals surface area contributed by atoms with Crippen LogP contribution in [0.4, 0.5) is 5.69 Å². The molecule has 0 aliphatic carbocycles. The fourth-order valence-corrected chi connectivity index (χ4v) is 3.33. The molecule has 0 saturated carbocycles. The largest absolute Gasteiger partial charge is 0.322 e. The van der Waals surface area contributed by atoms with Gasteiger partial charge in [-0.05, 0) is 54.8 Å². The molecule has 1 N–H and O–H groups in total. The molecule has 0 unspecified atom stereocenters. The van der Waals surface area contributed by atoms with Crippen molar-refractivity contribution < 1.29 is 4.79 Å². The lowest BCUT2D eigenvalue weighted by atomic mass is 10.1. The first-order valence-corrected chi connectivity index (χ1v) is 8.65. The van der Waals surface area contributed by atoms with E-state index in [9.17, 15) is 4.79 Å². The molecule has 0 fully saturated rings. The highest BCUT2D eigenvalue weighted by molar-refractivity contribution is 7.16. The first kappa shape index (κ1) is 16.2. The van der Waals surface area contributed by atoms with Crippen molar-refractivity contribution in [2.75, 3.05) is 5.32 Å². The van der Waals surface area contributed by atoms with Gasteiger partial charge in [0.05, 0.1) is 0 Å². The highest BCUT2D eigenvalue weighted by Gasteiger charge is 2.04. The number of thiophene rings is 1. The molecule has 0 spiro atoms. The van der Waals surface area contributed by atoms with Crippen LogP contribution in [-0.4, -0.2) is 5.91 Å². The third-order valence-corrected chi connectivity index (χ3v) is 5.05. The molecule has 3 heteroatoms. The Hall–Kier alpha value is -2.65. The fourth-order valence-electron chi connectivity index (χ4n) is 2.42. The molecule has 1 heterocycles. The van der Waals surface area contributed by atoms with Crippen molar-refractivity contribution >= 4 is 29.0 Å². The molecule has 1 aromatic heterocycles. The molecule has 3 rings (SSSR count). The zero-order valence-electron chi connectivity index (χ0n) is 13.7. The summed E-state index contributed by atoms with van der Waals surface area (Å²) in [6.45, 7) is 4.05. The van der Waals surface area contributed by atoms with E-state index in [4.69, 9.17) is 0 Å². The summed E-state index contributed by atoms with van der Waals surface area (Å²) in [5.41, 5.74) is 4.33. The van der Waals surface area contributed by atoms with Crippen LogP contribution in [0.15, 0.2) is 66.7 Å². The van der Waals surface area contributed by atoms with E-state index in [1.807, 2.05) is 62.4 Å². The van der Waals surface area contributed by atoms with E-state index in [1.165, 1.54) is 16.0 Å². The maximum atomic E-state index is 12.1. The molecule has 3 aromatic rings. The van der Waals surface area contributed by atoms with Crippen molar-refractivity contribution in [2.45, 2.75) is 13.8 Å². The third kappa shape index (κ3) is 3.81. The van der Waals surface area contributed by atoms with Gasteiger partial charge in [0.15, 0.2) is 0 Å². The van der Waals surface area contributed by atoms with E-state index in [0.717, 1.165) is 16.1 Å². The van der Waals surface area contributed by atoms with E-state index >= 15 is 0 Å². The Morgan fingerprint density at radius 3 is 2.54 bits per heavy atom. The summed E-state index contributed by atoms with van der Waals surface area (Å²) in [5, 5.41) is 2.94. The average Bonchev–Trinajstić information content (AvgIpc) is 3.07. The molecule has 2 nitrogen and oxygen atoms in total. The Morgan fingerprint density at radius 2 is 1.75 bits per heavy atom. The predicted molar refractivity (Wildman–Crippen MR) is 103 cm³/mol. The zero-order valence-corrected chi connectivity index (χ0v) is 14.6. The van der Waals surface area contributed by atoms with Gasteiger partial charge in [-0.2, -0.15) is 0 Å². The van der Waals surface area contributed by atoms with Gasteiger partial charge in [-0.25, -0.2) is 0 Å². The molecule has 0 radical (unpaired) electrons. The molecular formula is C21H19NOS. The second kappa shape index (κ2) is 7.28. The molecule has 0 atom stereocenters. The summed E-state index contributed by atoms with van der Waals surface area (Å²) in [5.74, 6) is -0.113. The topological polar surface area (TPSA) is 29.1 Å². The van der Waals surface area contributed by atoms with Crippen molar-refractivity contribution in [3.05, 3.63) is 82.7 Å². The number of amides is 1. The van der Waals surface area contributed by atoms with Crippen LogP contribution < -0.4 is 5.32 Å². The van der Waals surface area contributed by atoms with E-state index in [0.29, 0.717) is 0 Å². The van der Waals surface area contributed by atoms with Crippen LogP contribution in [0.1, 0.15) is 16.0 Å². The molecule has 0 aliphatic rings. The Labute approximate surface area is 146 Å². The van der Waals surface area contributed by atoms with E-state index in [2.05, 4.69) is 23.5 Å². The van der Waals surface area contributed by atoms with Crippen LogP contribution in [0.2, 0.25) is 0 Å². The van der Waals surface area contributed by atoms with Gasteiger partial charge >= 0.3 is 0 Å². The summed E-state index contributed by atoms with van der Waals surface area (Å²) in [4.78, 5) is 14.4. The minimum Gasteiger partial charge on any atom is -0.322 e. The van der Waals surface area contributed by atoms with E-state index in [1.54, 1.807) is 17.4 Å². The minimum atomic E-state index is -0.113. The molecule has 2 aromatic carbocycles. The van der Waals surface area contributed by atoms with Crippen LogP contribution >= 0.6 is 11.3 Å². The number of benzene rings is 2. The van der Waals surface area contributed by atoms with Gasteiger partial charge in [-0.3, -0.25) is 4.79 Å². The lowest BCUT2D eigenvalue weighted by Gasteiger charge is -2.08. The quantitative estimate of drug-likeness (QED) is 0.611. The fraction of sp³-hybridized carbons (Fsp3) is 0.0952. The van der Waals surface area contributed by atoms with Crippen LogP contribution in [0, 0.1) is 13.8 Å². The van der Waals surface area contributed by atoms with Gasteiger partial charge in [0.1, 0.15) is 0 Å². The molecule has 24 heavy (non-hydrogen) atoms. The molecule has 0 aliphatic heterocycles. The van der Waals surface area contributed by atoms with Gasteiger partial charge in [-0.15, -0.1) is 11.3 Å². The van der Waals surface area contributed by atoms with Crippen molar-refractivity contribution in [2.24, 2.45) is 0 Å². The van der Waals surface area contributed by atoms with Gasteiger partial charge in [0, 0.05) is 21.5 Å². The van der Waals surface area contributed by atoms with Crippen LogP contribution in [0.3, 0.4) is 0 Å². The SMILES string of the molecule is Cc1cccc(NC(=O)/C=C/c2ccc(-c3ccccc3)s2)c1C. The van der Waals surface area contributed by atoms with Crippen LogP contribution in [0.25, 0.3) is 16.5 Å². The maximum Gasteiger partial charge on any atom is 0.248 e. The summed E-state index contributed by atoms with van der Waals surface area (Å²) < 4.78 is 0. The highest BCUT2D eigenvalue weighted by atomic mass is 32.1. The summed E-state index contributed by atoms with van der Waals surface area (Å²) in [6, 6.07) is 20.3. The van der Waals surface area contributed by atoms with E-state index < -0.39 is 0 Å². The normalized spacial score (nSPS) is 10.9. The molecule has 120 valence electrons. The highest BCUT2D eigenvalue weighted by Crippen LogP contribution is 2.28. The number of aryl methyl sites for hydroxylation is 1. The van der Waals surface area contributed by atoms with E-state index in [-0.39, 0.29) is 5.91 Å². The first-order chi connectivity index (χ1) is 11.6. The number of hydrogen-bond donors (Lipinski definition) is 1. The van der Waals surface area contributed by atoms with Gasteiger partial charge < -0.3 is 5.32 Å².